The van der Waals surface area contributed by atoms with E-state index in [2.05, 4.69) is 32.4 Å². The summed E-state index contributed by atoms with van der Waals surface area (Å²) in [5.41, 5.74) is 6.64. The number of aromatic amines is 1. The third-order valence-corrected chi connectivity index (χ3v) is 4.52. The number of pyridine rings is 1. The number of benzene rings is 1. The Bertz CT molecular complexity index is 958. The van der Waals surface area contributed by atoms with Crippen LogP contribution in [0.2, 0.25) is 5.02 Å². The summed E-state index contributed by atoms with van der Waals surface area (Å²) >= 11 is 6.42. The molecule has 0 saturated heterocycles. The van der Waals surface area contributed by atoms with Gasteiger partial charge in [-0.2, -0.15) is 5.10 Å². The van der Waals surface area contributed by atoms with Gasteiger partial charge >= 0.3 is 0 Å². The summed E-state index contributed by atoms with van der Waals surface area (Å²) < 4.78 is 0. The molecule has 3 heterocycles. The van der Waals surface area contributed by atoms with Gasteiger partial charge in [0.2, 0.25) is 0 Å². The van der Waals surface area contributed by atoms with Crippen molar-refractivity contribution in [3.8, 4) is 11.1 Å². The molecule has 3 aromatic rings. The lowest BCUT2D eigenvalue weighted by molar-refractivity contribution is 1.03. The van der Waals surface area contributed by atoms with Crippen molar-refractivity contribution in [1.29, 1.82) is 0 Å². The maximum absolute atomic E-state index is 6.42. The highest BCUT2D eigenvalue weighted by molar-refractivity contribution is 6.33. The van der Waals surface area contributed by atoms with Gasteiger partial charge in [-0.25, -0.2) is 4.99 Å². The molecule has 1 aromatic carbocycles. The first-order valence-corrected chi connectivity index (χ1v) is 8.19. The highest BCUT2D eigenvalue weighted by atomic mass is 35.5. The molecule has 0 aliphatic carbocycles. The van der Waals surface area contributed by atoms with Crippen LogP contribution in [0.15, 0.2) is 35.5 Å². The summed E-state index contributed by atoms with van der Waals surface area (Å²) in [5, 5.41) is 11.4. The fourth-order valence-electron chi connectivity index (χ4n) is 2.92. The third-order valence-electron chi connectivity index (χ3n) is 4.19. The molecule has 4 rings (SSSR count). The summed E-state index contributed by atoms with van der Waals surface area (Å²) in [4.78, 5) is 9.13. The van der Waals surface area contributed by atoms with E-state index in [4.69, 9.17) is 11.6 Å². The van der Waals surface area contributed by atoms with E-state index in [0.29, 0.717) is 10.8 Å². The zero-order chi connectivity index (χ0) is 16.7. The normalized spacial score (nSPS) is 12.3. The quantitative estimate of drug-likeness (QED) is 0.552. The lowest BCUT2D eigenvalue weighted by atomic mass is 10.00. The van der Waals surface area contributed by atoms with Gasteiger partial charge in [0, 0.05) is 34.1 Å². The van der Waals surface area contributed by atoms with Crippen molar-refractivity contribution < 1.29 is 0 Å². The van der Waals surface area contributed by atoms with Crippen LogP contribution >= 0.6 is 11.6 Å². The fourth-order valence-corrected chi connectivity index (χ4v) is 3.15. The second kappa shape index (κ2) is 5.76. The average Bonchev–Trinajstić information content (AvgIpc) is 2.82. The molecule has 0 unspecified atom stereocenters. The highest BCUT2D eigenvalue weighted by Crippen LogP contribution is 2.41. The Kier molecular flexibility index (Phi) is 3.58. The van der Waals surface area contributed by atoms with E-state index in [0.717, 1.165) is 45.9 Å². The monoisotopic (exact) mass is 337 g/mol. The van der Waals surface area contributed by atoms with Crippen LogP contribution in [0.5, 0.6) is 0 Å². The van der Waals surface area contributed by atoms with Crippen LogP contribution in [0.3, 0.4) is 0 Å². The standard InChI is InChI=1S/C18H16ClN5/c1-3-15-13-9-21-18-16(10(2)23-24-18)22-17(13)12(8-20-15)11-6-4-5-7-14(11)19/h4-9,22H,3H2,1-2H3,(H,23,24). The molecule has 0 amide bonds. The Morgan fingerprint density at radius 2 is 1.96 bits per heavy atom. The lowest BCUT2D eigenvalue weighted by Gasteiger charge is -2.16. The highest BCUT2D eigenvalue weighted by Gasteiger charge is 2.21. The van der Waals surface area contributed by atoms with E-state index in [-0.39, 0.29) is 0 Å². The van der Waals surface area contributed by atoms with Crippen LogP contribution < -0.4 is 5.32 Å². The molecule has 5 nitrogen and oxygen atoms in total. The molecule has 0 saturated carbocycles. The number of hydrogen-bond acceptors (Lipinski definition) is 4. The van der Waals surface area contributed by atoms with Gasteiger partial charge in [0.15, 0.2) is 5.82 Å². The minimum atomic E-state index is 0.649. The number of aryl methyl sites for hydroxylation is 2. The van der Waals surface area contributed by atoms with Crippen LogP contribution in [0.1, 0.15) is 23.9 Å². The van der Waals surface area contributed by atoms with Gasteiger partial charge in [0.05, 0.1) is 17.1 Å². The topological polar surface area (TPSA) is 66.0 Å². The van der Waals surface area contributed by atoms with Crippen LogP contribution in [0, 0.1) is 6.92 Å². The maximum atomic E-state index is 6.42. The molecule has 0 spiro atoms. The minimum absolute atomic E-state index is 0.649. The molecule has 120 valence electrons. The van der Waals surface area contributed by atoms with Crippen molar-refractivity contribution in [3.63, 3.8) is 0 Å². The number of halogens is 1. The Labute approximate surface area is 144 Å². The van der Waals surface area contributed by atoms with Gasteiger partial charge in [-0.15, -0.1) is 0 Å². The summed E-state index contributed by atoms with van der Waals surface area (Å²) in [6, 6.07) is 7.78. The van der Waals surface area contributed by atoms with Gasteiger partial charge in [0.25, 0.3) is 0 Å². The molecule has 0 radical (unpaired) electrons. The second-order valence-electron chi connectivity index (χ2n) is 5.67. The first-order chi connectivity index (χ1) is 11.7. The number of anilines is 2. The number of aromatic nitrogens is 3. The van der Waals surface area contributed by atoms with E-state index in [1.807, 2.05) is 43.6 Å². The molecule has 2 N–H and O–H groups in total. The maximum Gasteiger partial charge on any atom is 0.197 e. The van der Waals surface area contributed by atoms with Crippen molar-refractivity contribution in [2.24, 2.45) is 4.99 Å². The van der Waals surface area contributed by atoms with E-state index in [9.17, 15) is 0 Å². The van der Waals surface area contributed by atoms with Gasteiger partial charge < -0.3 is 5.32 Å². The van der Waals surface area contributed by atoms with Gasteiger partial charge in [-0.3, -0.25) is 10.1 Å². The van der Waals surface area contributed by atoms with Crippen molar-refractivity contribution >= 4 is 35.0 Å². The Hall–Kier alpha value is -2.66. The van der Waals surface area contributed by atoms with E-state index >= 15 is 0 Å². The number of nitrogens with zero attached hydrogens (tertiary/aromatic N) is 3. The molecule has 0 atom stereocenters. The fraction of sp³-hybridized carbons (Fsp3) is 0.167. The number of nitrogens with one attached hydrogen (secondary N) is 2. The van der Waals surface area contributed by atoms with Crippen molar-refractivity contribution in [1.82, 2.24) is 15.2 Å². The van der Waals surface area contributed by atoms with Crippen molar-refractivity contribution in [2.75, 3.05) is 5.32 Å². The molecule has 0 fully saturated rings. The van der Waals surface area contributed by atoms with Gasteiger partial charge in [-0.05, 0) is 19.4 Å². The summed E-state index contributed by atoms with van der Waals surface area (Å²) in [5.74, 6) is 0.649. The molecular formula is C18H16ClN5. The number of fused-ring (bicyclic) bond motifs is 2. The minimum Gasteiger partial charge on any atom is -0.350 e. The largest absolute Gasteiger partial charge is 0.350 e. The summed E-state index contributed by atoms with van der Waals surface area (Å²) in [6.45, 7) is 4.05. The Balaban J connectivity index is 1.99. The van der Waals surface area contributed by atoms with Gasteiger partial charge in [0.1, 0.15) is 5.69 Å². The number of H-pyrrole nitrogens is 1. The van der Waals surface area contributed by atoms with Crippen molar-refractivity contribution in [2.45, 2.75) is 20.3 Å². The number of hydrogen-bond donors (Lipinski definition) is 2. The molecule has 6 heteroatoms. The van der Waals surface area contributed by atoms with Crippen LogP contribution in [-0.2, 0) is 6.42 Å². The Morgan fingerprint density at radius 3 is 2.75 bits per heavy atom. The lowest BCUT2D eigenvalue weighted by Crippen LogP contribution is -2.04. The van der Waals surface area contributed by atoms with E-state index < -0.39 is 0 Å². The van der Waals surface area contributed by atoms with E-state index in [1.165, 1.54) is 0 Å². The molecule has 24 heavy (non-hydrogen) atoms. The molecule has 1 aliphatic rings. The Morgan fingerprint density at radius 1 is 1.12 bits per heavy atom. The van der Waals surface area contributed by atoms with Crippen molar-refractivity contribution in [3.05, 3.63) is 52.4 Å². The van der Waals surface area contributed by atoms with E-state index in [1.54, 1.807) is 0 Å². The smallest absolute Gasteiger partial charge is 0.197 e. The summed E-state index contributed by atoms with van der Waals surface area (Å²) in [7, 11) is 0. The first-order valence-electron chi connectivity index (χ1n) is 7.82. The summed E-state index contributed by atoms with van der Waals surface area (Å²) in [6.07, 6.45) is 4.53. The van der Waals surface area contributed by atoms with Crippen LogP contribution in [0.25, 0.3) is 11.1 Å². The second-order valence-corrected chi connectivity index (χ2v) is 6.08. The zero-order valence-electron chi connectivity index (χ0n) is 13.4. The van der Waals surface area contributed by atoms with Crippen LogP contribution in [-0.4, -0.2) is 21.4 Å². The first kappa shape index (κ1) is 14.9. The predicted molar refractivity (Wildman–Crippen MR) is 97.9 cm³/mol. The van der Waals surface area contributed by atoms with Crippen LogP contribution in [0.4, 0.5) is 17.2 Å². The predicted octanol–water partition coefficient (Wildman–Crippen LogP) is 4.80. The molecule has 2 aromatic heterocycles. The molecular weight excluding hydrogens is 322 g/mol. The van der Waals surface area contributed by atoms with Gasteiger partial charge in [-0.1, -0.05) is 36.7 Å². The molecule has 0 bridgehead atoms. The average molecular weight is 338 g/mol. The molecule has 1 aliphatic heterocycles. The third kappa shape index (κ3) is 2.29. The number of aliphatic imine (C=N–C) groups is 1. The number of rotatable bonds is 2. The SMILES string of the molecule is CCc1ncc(-c2ccccc2Cl)c2c1C=Nc1n[nH]c(C)c1N2. The zero-order valence-corrected chi connectivity index (χ0v) is 14.1.